The minimum Gasteiger partial charge on any atom is -0.349 e. The van der Waals surface area contributed by atoms with Gasteiger partial charge in [0.2, 0.25) is 0 Å². The number of H-pyrrole nitrogens is 1. The molecule has 0 aliphatic heterocycles. The zero-order valence-corrected chi connectivity index (χ0v) is 12.5. The molecule has 0 atom stereocenters. The fourth-order valence-electron chi connectivity index (χ4n) is 2.20. The van der Waals surface area contributed by atoms with Gasteiger partial charge in [0, 0.05) is 48.0 Å². The smallest absolute Gasteiger partial charge is 0.107 e. The molecule has 20 heavy (non-hydrogen) atoms. The summed E-state index contributed by atoms with van der Waals surface area (Å²) >= 11 is 3.57. The normalized spacial score (nSPS) is 11.1. The van der Waals surface area contributed by atoms with E-state index in [1.807, 2.05) is 18.5 Å². The Morgan fingerprint density at radius 3 is 2.95 bits per heavy atom. The summed E-state index contributed by atoms with van der Waals surface area (Å²) in [5, 5.41) is 4.59. The SMILES string of the molecule is Brc1ccc(CNCCc2ncc[nH]2)c2ncccc12. The molecule has 3 aromatic rings. The molecule has 0 amide bonds. The highest BCUT2D eigenvalue weighted by molar-refractivity contribution is 9.10. The van der Waals surface area contributed by atoms with Crippen LogP contribution >= 0.6 is 15.9 Å². The van der Waals surface area contributed by atoms with E-state index >= 15 is 0 Å². The monoisotopic (exact) mass is 330 g/mol. The fraction of sp³-hybridized carbons (Fsp3) is 0.200. The average molecular weight is 331 g/mol. The van der Waals surface area contributed by atoms with Gasteiger partial charge >= 0.3 is 0 Å². The lowest BCUT2D eigenvalue weighted by Crippen LogP contribution is -2.17. The van der Waals surface area contributed by atoms with Crippen molar-refractivity contribution in [1.29, 1.82) is 0 Å². The molecule has 1 aromatic carbocycles. The number of hydrogen-bond donors (Lipinski definition) is 2. The molecular weight excluding hydrogens is 316 g/mol. The minimum absolute atomic E-state index is 0.807. The standard InChI is InChI=1S/C15H15BrN4/c16-13-4-3-11(15-12(13)2-1-6-20-15)10-17-7-5-14-18-8-9-19-14/h1-4,6,8-9,17H,5,7,10H2,(H,18,19). The summed E-state index contributed by atoms with van der Waals surface area (Å²) in [4.78, 5) is 11.8. The number of aromatic nitrogens is 3. The lowest BCUT2D eigenvalue weighted by Gasteiger charge is -2.08. The highest BCUT2D eigenvalue weighted by Crippen LogP contribution is 2.24. The van der Waals surface area contributed by atoms with Gasteiger partial charge in [0.05, 0.1) is 5.52 Å². The van der Waals surface area contributed by atoms with E-state index in [1.165, 1.54) is 5.56 Å². The third-order valence-corrected chi connectivity index (χ3v) is 3.90. The van der Waals surface area contributed by atoms with Crippen molar-refractivity contribution >= 4 is 26.8 Å². The Kier molecular flexibility index (Phi) is 4.08. The molecule has 0 bridgehead atoms. The van der Waals surface area contributed by atoms with Crippen molar-refractivity contribution in [3.8, 4) is 0 Å². The first-order valence-electron chi connectivity index (χ1n) is 6.55. The van der Waals surface area contributed by atoms with Crippen LogP contribution in [0.2, 0.25) is 0 Å². The van der Waals surface area contributed by atoms with Crippen molar-refractivity contribution in [2.75, 3.05) is 6.54 Å². The Morgan fingerprint density at radius 2 is 2.10 bits per heavy atom. The van der Waals surface area contributed by atoms with Crippen molar-refractivity contribution in [3.63, 3.8) is 0 Å². The molecule has 5 heteroatoms. The van der Waals surface area contributed by atoms with Crippen molar-refractivity contribution < 1.29 is 0 Å². The molecule has 0 spiro atoms. The van der Waals surface area contributed by atoms with Gasteiger partial charge in [0.25, 0.3) is 0 Å². The number of rotatable bonds is 5. The first-order valence-corrected chi connectivity index (χ1v) is 7.35. The van der Waals surface area contributed by atoms with Crippen molar-refractivity contribution in [3.05, 3.63) is 58.7 Å². The molecular formula is C15H15BrN4. The number of halogens is 1. The molecule has 4 nitrogen and oxygen atoms in total. The Hall–Kier alpha value is -1.72. The molecule has 0 radical (unpaired) electrons. The van der Waals surface area contributed by atoms with Gasteiger partial charge < -0.3 is 10.3 Å². The average Bonchev–Trinajstić information content (AvgIpc) is 2.99. The Bertz CT molecular complexity index is 694. The molecule has 0 saturated carbocycles. The maximum atomic E-state index is 4.48. The molecule has 2 heterocycles. The zero-order chi connectivity index (χ0) is 13.8. The lowest BCUT2D eigenvalue weighted by molar-refractivity contribution is 0.676. The van der Waals surface area contributed by atoms with Crippen molar-refractivity contribution in [1.82, 2.24) is 20.3 Å². The van der Waals surface area contributed by atoms with Crippen molar-refractivity contribution in [2.24, 2.45) is 0 Å². The number of fused-ring (bicyclic) bond motifs is 1. The van der Waals surface area contributed by atoms with E-state index in [0.29, 0.717) is 0 Å². The van der Waals surface area contributed by atoms with Crippen LogP contribution in [-0.2, 0) is 13.0 Å². The number of aromatic amines is 1. The van der Waals surface area contributed by atoms with Gasteiger partial charge in [-0.3, -0.25) is 4.98 Å². The van der Waals surface area contributed by atoms with Gasteiger partial charge in [-0.15, -0.1) is 0 Å². The van der Waals surface area contributed by atoms with Crippen LogP contribution < -0.4 is 5.32 Å². The predicted octanol–water partition coefficient (Wildman–Crippen LogP) is 3.05. The second kappa shape index (κ2) is 6.15. The Labute approximate surface area is 125 Å². The minimum atomic E-state index is 0.807. The highest BCUT2D eigenvalue weighted by Gasteiger charge is 2.05. The van der Waals surface area contributed by atoms with E-state index in [0.717, 1.165) is 40.7 Å². The number of nitrogens with one attached hydrogen (secondary N) is 2. The van der Waals surface area contributed by atoms with Crippen LogP contribution in [-0.4, -0.2) is 21.5 Å². The molecule has 3 rings (SSSR count). The second-order valence-corrected chi connectivity index (χ2v) is 5.42. The highest BCUT2D eigenvalue weighted by atomic mass is 79.9. The second-order valence-electron chi connectivity index (χ2n) is 4.57. The molecule has 0 aliphatic carbocycles. The fourth-order valence-corrected chi connectivity index (χ4v) is 2.66. The predicted molar refractivity (Wildman–Crippen MR) is 83.4 cm³/mol. The summed E-state index contributed by atoms with van der Waals surface area (Å²) in [6, 6.07) is 8.23. The third kappa shape index (κ3) is 2.89. The van der Waals surface area contributed by atoms with Gasteiger partial charge in [-0.25, -0.2) is 4.98 Å². The van der Waals surface area contributed by atoms with E-state index in [4.69, 9.17) is 0 Å². The first kappa shape index (κ1) is 13.3. The maximum absolute atomic E-state index is 4.48. The molecule has 2 aromatic heterocycles. The van der Waals surface area contributed by atoms with Gasteiger partial charge in [-0.2, -0.15) is 0 Å². The Morgan fingerprint density at radius 1 is 1.15 bits per heavy atom. The number of imidazole rings is 1. The number of nitrogens with zero attached hydrogens (tertiary/aromatic N) is 2. The summed E-state index contributed by atoms with van der Waals surface area (Å²) in [7, 11) is 0. The third-order valence-electron chi connectivity index (χ3n) is 3.21. The van der Waals surface area contributed by atoms with Gasteiger partial charge in [-0.1, -0.05) is 28.1 Å². The molecule has 0 unspecified atom stereocenters. The number of benzene rings is 1. The number of pyridine rings is 1. The van der Waals surface area contributed by atoms with E-state index in [1.54, 1.807) is 6.20 Å². The number of hydrogen-bond acceptors (Lipinski definition) is 3. The van der Waals surface area contributed by atoms with Crippen LogP contribution in [0.25, 0.3) is 10.9 Å². The van der Waals surface area contributed by atoms with Crippen LogP contribution in [0.3, 0.4) is 0 Å². The summed E-state index contributed by atoms with van der Waals surface area (Å²) in [5.74, 6) is 1.01. The van der Waals surface area contributed by atoms with Gasteiger partial charge in [-0.05, 0) is 17.7 Å². The van der Waals surface area contributed by atoms with Crippen LogP contribution in [0.5, 0.6) is 0 Å². The summed E-state index contributed by atoms with van der Waals surface area (Å²) in [5.41, 5.74) is 2.26. The van der Waals surface area contributed by atoms with Crippen LogP contribution in [0.15, 0.2) is 47.3 Å². The zero-order valence-electron chi connectivity index (χ0n) is 10.9. The van der Waals surface area contributed by atoms with Gasteiger partial charge in [0.15, 0.2) is 0 Å². The van der Waals surface area contributed by atoms with Gasteiger partial charge in [0.1, 0.15) is 5.82 Å². The molecule has 2 N–H and O–H groups in total. The molecule has 0 fully saturated rings. The summed E-state index contributed by atoms with van der Waals surface area (Å²) in [6.45, 7) is 1.69. The van der Waals surface area contributed by atoms with E-state index in [9.17, 15) is 0 Å². The first-order chi connectivity index (χ1) is 9.84. The van der Waals surface area contributed by atoms with Crippen LogP contribution in [0.4, 0.5) is 0 Å². The van der Waals surface area contributed by atoms with Crippen molar-refractivity contribution in [2.45, 2.75) is 13.0 Å². The van der Waals surface area contributed by atoms with E-state index < -0.39 is 0 Å². The topological polar surface area (TPSA) is 53.6 Å². The molecule has 0 aliphatic rings. The molecule has 0 saturated heterocycles. The van der Waals surface area contributed by atoms with Crippen LogP contribution in [0, 0.1) is 0 Å². The van der Waals surface area contributed by atoms with E-state index in [2.05, 4.69) is 54.4 Å². The summed E-state index contributed by atoms with van der Waals surface area (Å²) in [6.07, 6.45) is 6.36. The summed E-state index contributed by atoms with van der Waals surface area (Å²) < 4.78 is 1.08. The lowest BCUT2D eigenvalue weighted by atomic mass is 10.1. The van der Waals surface area contributed by atoms with E-state index in [-0.39, 0.29) is 0 Å². The molecule has 102 valence electrons. The largest absolute Gasteiger partial charge is 0.349 e. The Balaban J connectivity index is 1.67. The van der Waals surface area contributed by atoms with Crippen LogP contribution in [0.1, 0.15) is 11.4 Å². The maximum Gasteiger partial charge on any atom is 0.107 e. The quantitative estimate of drug-likeness (QED) is 0.707.